The number of nitrogens with one attached hydrogen (secondary N) is 2. The smallest absolute Gasteiger partial charge is 0.309 e. The molecule has 8 heteroatoms. The average molecular weight is 699 g/mol. The second-order valence-corrected chi connectivity index (χ2v) is 14.6. The van der Waals surface area contributed by atoms with E-state index >= 15 is 0 Å². The Morgan fingerprint density at radius 1 is 0.865 bits per heavy atom. The number of nitrogens with zero attached hydrogens (tertiary/aromatic N) is 1. The number of fused-ring (bicyclic) bond motifs is 4. The van der Waals surface area contributed by atoms with Gasteiger partial charge in [0.15, 0.2) is 0 Å². The Morgan fingerprint density at radius 3 is 2.31 bits per heavy atom. The zero-order valence-electron chi connectivity index (χ0n) is 30.4. The monoisotopic (exact) mass is 698 g/mol. The standard InChI is InChI=1S/C44H47N3O5/c1-43(2)37(47(28-25-40(50)51)36-22-21-31-19-20-32(42(52)45-4)29-33(31)41(36)43)17-9-6-10-18-38-44(3,26-23-30-13-7-5-8-14-30)34-15-11-12-16-35(34)46(38)27-24-39(48)49/h5-22,29,37H,23-28H2,1-4H3,(H,45,52)(H,48,49)(H,50,51)/p+1/b10-6+,17-9+,38-18+. The van der Waals surface area contributed by atoms with Crippen LogP contribution in [-0.4, -0.2) is 54.2 Å². The first-order valence-electron chi connectivity index (χ1n) is 18.0. The van der Waals surface area contributed by atoms with E-state index < -0.39 is 11.9 Å². The third-order valence-corrected chi connectivity index (χ3v) is 11.0. The molecule has 0 aliphatic carbocycles. The molecule has 0 fully saturated rings. The minimum absolute atomic E-state index is 0.0234. The van der Waals surface area contributed by atoms with Crippen molar-refractivity contribution in [1.29, 1.82) is 0 Å². The molecule has 1 amide bonds. The van der Waals surface area contributed by atoms with Crippen LogP contribution in [0.4, 0.5) is 11.4 Å². The number of amides is 1. The molecule has 2 aliphatic rings. The summed E-state index contributed by atoms with van der Waals surface area (Å²) in [6.07, 6.45) is 12.2. The van der Waals surface area contributed by atoms with Crippen LogP contribution in [0.5, 0.6) is 0 Å². The van der Waals surface area contributed by atoms with Gasteiger partial charge in [-0.3, -0.25) is 19.3 Å². The van der Waals surface area contributed by atoms with Gasteiger partial charge in [-0.1, -0.05) is 72.8 Å². The lowest BCUT2D eigenvalue weighted by Gasteiger charge is -2.30. The highest BCUT2D eigenvalue weighted by atomic mass is 16.4. The number of hydrogen-bond donors (Lipinski definition) is 4. The Labute approximate surface area is 305 Å². The van der Waals surface area contributed by atoms with Crippen molar-refractivity contribution in [1.82, 2.24) is 5.32 Å². The number of aryl methyl sites for hydroxylation is 1. The molecule has 2 heterocycles. The number of aliphatic carboxylic acids is 2. The molecule has 4 N–H and O–H groups in total. The van der Waals surface area contributed by atoms with Gasteiger partial charge in [0, 0.05) is 47.6 Å². The van der Waals surface area contributed by atoms with Crippen LogP contribution in [0.15, 0.2) is 121 Å². The summed E-state index contributed by atoms with van der Waals surface area (Å²) in [5.74, 6) is -1.82. The minimum atomic E-state index is -0.837. The summed E-state index contributed by atoms with van der Waals surface area (Å²) in [5, 5.41) is 24.0. The average Bonchev–Trinajstić information content (AvgIpc) is 3.51. The Hall–Kier alpha value is -5.47. The van der Waals surface area contributed by atoms with Crippen LogP contribution in [-0.2, 0) is 26.8 Å². The van der Waals surface area contributed by atoms with Crippen LogP contribution in [0.2, 0.25) is 0 Å². The molecule has 0 spiro atoms. The van der Waals surface area contributed by atoms with E-state index in [1.165, 1.54) is 11.1 Å². The van der Waals surface area contributed by atoms with Crippen molar-refractivity contribution in [3.63, 3.8) is 0 Å². The number of benzene rings is 4. The van der Waals surface area contributed by atoms with Gasteiger partial charge in [0.2, 0.25) is 0 Å². The predicted octanol–water partition coefficient (Wildman–Crippen LogP) is 6.73. The quantitative estimate of drug-likeness (QED) is 0.115. The summed E-state index contributed by atoms with van der Waals surface area (Å²) >= 11 is 0. The van der Waals surface area contributed by atoms with Gasteiger partial charge < -0.3 is 20.4 Å². The summed E-state index contributed by atoms with van der Waals surface area (Å²) < 4.78 is 0. The molecule has 0 saturated heterocycles. The largest absolute Gasteiger partial charge is 0.481 e. The summed E-state index contributed by atoms with van der Waals surface area (Å²) in [6.45, 7) is 7.44. The zero-order valence-corrected chi connectivity index (χ0v) is 30.4. The number of carboxylic acid groups (broad SMARTS) is 2. The highest BCUT2D eigenvalue weighted by Crippen LogP contribution is 2.50. The van der Waals surface area contributed by atoms with Gasteiger partial charge >= 0.3 is 11.9 Å². The summed E-state index contributed by atoms with van der Waals surface area (Å²) in [7, 11) is 1.62. The molecule has 3 unspecified atom stereocenters. The van der Waals surface area contributed by atoms with E-state index in [-0.39, 0.29) is 35.6 Å². The van der Waals surface area contributed by atoms with E-state index in [0.29, 0.717) is 18.7 Å². The highest BCUT2D eigenvalue weighted by Gasteiger charge is 2.49. The number of carboxylic acids is 2. The van der Waals surface area contributed by atoms with Crippen LogP contribution < -0.4 is 15.1 Å². The van der Waals surface area contributed by atoms with Crippen LogP contribution >= 0.6 is 0 Å². The van der Waals surface area contributed by atoms with Crippen LogP contribution in [0.25, 0.3) is 10.8 Å². The number of rotatable bonds is 13. The lowest BCUT2D eigenvalue weighted by Crippen LogP contribution is -3.10. The molecule has 2 aliphatic heterocycles. The fraction of sp³-hybridized carbons (Fsp3) is 0.295. The molecule has 0 saturated carbocycles. The minimum Gasteiger partial charge on any atom is -0.481 e. The second kappa shape index (κ2) is 15.0. The number of carbonyl (C=O) groups excluding carboxylic acids is 1. The van der Waals surface area contributed by atoms with Gasteiger partial charge in [0.05, 0.1) is 24.8 Å². The van der Waals surface area contributed by atoms with Gasteiger partial charge in [-0.2, -0.15) is 0 Å². The maximum Gasteiger partial charge on any atom is 0.309 e. The van der Waals surface area contributed by atoms with E-state index in [1.807, 2.05) is 48.6 Å². The number of allylic oxidation sites excluding steroid dienone is 5. The van der Waals surface area contributed by atoms with E-state index in [0.717, 1.165) is 51.1 Å². The first kappa shape index (κ1) is 36.3. The molecule has 8 nitrogen and oxygen atoms in total. The fourth-order valence-corrected chi connectivity index (χ4v) is 8.37. The number of carbonyl (C=O) groups is 3. The molecule has 0 radical (unpaired) electrons. The van der Waals surface area contributed by atoms with Gasteiger partial charge in [-0.25, -0.2) is 0 Å². The van der Waals surface area contributed by atoms with Crippen molar-refractivity contribution in [2.24, 2.45) is 0 Å². The third kappa shape index (κ3) is 7.03. The van der Waals surface area contributed by atoms with E-state index in [2.05, 4.69) is 97.7 Å². The molecule has 0 aromatic heterocycles. The molecule has 4 aromatic rings. The van der Waals surface area contributed by atoms with Gasteiger partial charge in [0.25, 0.3) is 5.91 Å². The van der Waals surface area contributed by atoms with Gasteiger partial charge in [-0.05, 0) is 91.9 Å². The molecule has 4 aromatic carbocycles. The maximum absolute atomic E-state index is 12.6. The number of quaternary nitrogens is 1. The van der Waals surface area contributed by atoms with Gasteiger partial charge in [0.1, 0.15) is 11.7 Å². The molecule has 0 bridgehead atoms. The van der Waals surface area contributed by atoms with Crippen molar-refractivity contribution in [2.45, 2.75) is 63.3 Å². The highest BCUT2D eigenvalue weighted by molar-refractivity contribution is 6.00. The van der Waals surface area contributed by atoms with Crippen LogP contribution in [0.1, 0.15) is 67.1 Å². The molecule has 52 heavy (non-hydrogen) atoms. The summed E-state index contributed by atoms with van der Waals surface area (Å²) in [6, 6.07) is 28.6. The lowest BCUT2D eigenvalue weighted by molar-refractivity contribution is -0.849. The van der Waals surface area contributed by atoms with Crippen molar-refractivity contribution in [2.75, 3.05) is 25.0 Å². The summed E-state index contributed by atoms with van der Waals surface area (Å²) in [5.41, 5.74) is 6.63. The summed E-state index contributed by atoms with van der Waals surface area (Å²) in [4.78, 5) is 39.3. The van der Waals surface area contributed by atoms with Crippen LogP contribution in [0, 0.1) is 0 Å². The third-order valence-electron chi connectivity index (χ3n) is 11.0. The number of anilines is 1. The first-order chi connectivity index (χ1) is 25.0. The van der Waals surface area contributed by atoms with Crippen molar-refractivity contribution >= 4 is 40.0 Å². The normalized spacial score (nSPS) is 21.2. The van der Waals surface area contributed by atoms with Crippen LogP contribution in [0.3, 0.4) is 0 Å². The molecular formula is C44H48N3O5+. The fourth-order valence-electron chi connectivity index (χ4n) is 8.37. The Balaban J connectivity index is 1.34. The molecule has 6 rings (SSSR count). The van der Waals surface area contributed by atoms with Crippen molar-refractivity contribution in [3.05, 3.63) is 143 Å². The van der Waals surface area contributed by atoms with Crippen molar-refractivity contribution in [3.8, 4) is 0 Å². The van der Waals surface area contributed by atoms with E-state index in [4.69, 9.17) is 0 Å². The van der Waals surface area contributed by atoms with Gasteiger partial charge in [-0.15, -0.1) is 0 Å². The Bertz CT molecular complexity index is 2080. The number of hydrogen-bond acceptors (Lipinski definition) is 4. The predicted molar refractivity (Wildman–Crippen MR) is 206 cm³/mol. The zero-order chi connectivity index (χ0) is 37.0. The molecule has 3 atom stereocenters. The molecule has 268 valence electrons. The van der Waals surface area contributed by atoms with E-state index in [9.17, 15) is 24.6 Å². The second-order valence-electron chi connectivity index (χ2n) is 14.6. The first-order valence-corrected chi connectivity index (χ1v) is 18.0. The molecular weight excluding hydrogens is 651 g/mol. The lowest BCUT2D eigenvalue weighted by atomic mass is 9.76. The van der Waals surface area contributed by atoms with Crippen molar-refractivity contribution < 1.29 is 29.5 Å². The van der Waals surface area contributed by atoms with E-state index in [1.54, 1.807) is 7.05 Å². The topological polar surface area (TPSA) is 111 Å². The SMILES string of the molecule is CNC(=O)c1ccc2ccc3c(c2c1)C(C)(C)C(/C=C/C=C/C=C1/N(CCC(=O)O)c2ccccc2C1(C)CCc1ccccc1)[NH+]3CCC(=O)O. The Morgan fingerprint density at radius 2 is 1.58 bits per heavy atom. The Kier molecular flexibility index (Phi) is 10.5. The maximum atomic E-state index is 12.6. The number of para-hydroxylation sites is 1.